The van der Waals surface area contributed by atoms with E-state index < -0.39 is 11.9 Å². The first kappa shape index (κ1) is 14.7. The number of hydrogen-bond acceptors (Lipinski definition) is 2. The number of carboxylic acid groups (broad SMARTS) is 2. The first-order valence-electron chi connectivity index (χ1n) is 6.73. The maximum absolute atomic E-state index is 9.55. The standard InChI is InChI=1S/C10H18.C4H4O4/c1-2-6-9(5-1)10-7-3-4-8-10;5-3(6)1-2-4(7)8/h9-10H,1-8H2;1-2H,(H,5,6)(H,7,8)/b;2-1-. The Morgan fingerprint density at radius 3 is 1.22 bits per heavy atom. The van der Waals surface area contributed by atoms with Crippen LogP contribution in [0.1, 0.15) is 51.4 Å². The third-order valence-electron chi connectivity index (χ3n) is 3.83. The zero-order chi connectivity index (χ0) is 13.4. The van der Waals surface area contributed by atoms with E-state index in [4.69, 9.17) is 10.2 Å². The van der Waals surface area contributed by atoms with Gasteiger partial charge in [0.05, 0.1) is 0 Å². The molecule has 2 aliphatic rings. The van der Waals surface area contributed by atoms with Crippen LogP contribution < -0.4 is 0 Å². The van der Waals surface area contributed by atoms with Crippen LogP contribution in [0.3, 0.4) is 0 Å². The van der Waals surface area contributed by atoms with Gasteiger partial charge in [-0.1, -0.05) is 51.4 Å². The summed E-state index contributed by atoms with van der Waals surface area (Å²) >= 11 is 0. The Bertz CT molecular complexity index is 267. The minimum Gasteiger partial charge on any atom is -0.478 e. The SMILES string of the molecule is C1CCC(C2CCCC2)C1.O=C(O)/C=C\C(=O)O. The molecule has 4 heteroatoms. The van der Waals surface area contributed by atoms with Crippen molar-refractivity contribution in [1.82, 2.24) is 0 Å². The molecule has 0 aromatic rings. The van der Waals surface area contributed by atoms with Crippen molar-refractivity contribution in [1.29, 1.82) is 0 Å². The van der Waals surface area contributed by atoms with Crippen molar-refractivity contribution in [2.75, 3.05) is 0 Å². The fraction of sp³-hybridized carbons (Fsp3) is 0.714. The Balaban J connectivity index is 0.000000187. The minimum atomic E-state index is -1.26. The highest BCUT2D eigenvalue weighted by Gasteiger charge is 2.26. The lowest BCUT2D eigenvalue weighted by Gasteiger charge is -2.16. The highest BCUT2D eigenvalue weighted by atomic mass is 16.4. The molecule has 0 atom stereocenters. The molecular formula is C14H22O4. The lowest BCUT2D eigenvalue weighted by Crippen LogP contribution is -2.06. The third kappa shape index (κ3) is 5.84. The molecule has 102 valence electrons. The van der Waals surface area contributed by atoms with Crippen LogP contribution in [0.25, 0.3) is 0 Å². The highest BCUT2D eigenvalue weighted by molar-refractivity contribution is 5.89. The molecule has 0 aromatic carbocycles. The number of carbonyl (C=O) groups is 2. The van der Waals surface area contributed by atoms with E-state index >= 15 is 0 Å². The van der Waals surface area contributed by atoms with Gasteiger partial charge in [0.25, 0.3) is 0 Å². The van der Waals surface area contributed by atoms with Crippen molar-refractivity contribution in [2.24, 2.45) is 11.8 Å². The molecule has 0 spiro atoms. The van der Waals surface area contributed by atoms with Crippen molar-refractivity contribution in [2.45, 2.75) is 51.4 Å². The molecule has 0 radical (unpaired) electrons. The molecule has 2 fully saturated rings. The maximum atomic E-state index is 9.55. The molecule has 18 heavy (non-hydrogen) atoms. The van der Waals surface area contributed by atoms with Crippen LogP contribution in [0.5, 0.6) is 0 Å². The Kier molecular flexibility index (Phi) is 6.47. The predicted octanol–water partition coefficient (Wildman–Crippen LogP) is 3.08. The summed E-state index contributed by atoms with van der Waals surface area (Å²) in [5, 5.41) is 15.6. The Morgan fingerprint density at radius 1 is 0.722 bits per heavy atom. The van der Waals surface area contributed by atoms with Gasteiger partial charge in [-0.15, -0.1) is 0 Å². The van der Waals surface area contributed by atoms with Gasteiger partial charge in [0.2, 0.25) is 0 Å². The topological polar surface area (TPSA) is 74.6 Å². The third-order valence-corrected chi connectivity index (χ3v) is 3.83. The molecule has 0 heterocycles. The van der Waals surface area contributed by atoms with Crippen molar-refractivity contribution < 1.29 is 19.8 Å². The number of aliphatic carboxylic acids is 2. The first-order chi connectivity index (χ1) is 8.59. The van der Waals surface area contributed by atoms with E-state index in [1.807, 2.05) is 0 Å². The van der Waals surface area contributed by atoms with Crippen molar-refractivity contribution in [3.8, 4) is 0 Å². The molecule has 0 bridgehead atoms. The molecule has 2 N–H and O–H groups in total. The van der Waals surface area contributed by atoms with E-state index in [1.165, 1.54) is 25.7 Å². The second-order valence-corrected chi connectivity index (χ2v) is 5.10. The van der Waals surface area contributed by atoms with Crippen LogP contribution in [0.4, 0.5) is 0 Å². The van der Waals surface area contributed by atoms with Crippen LogP contribution in [0.2, 0.25) is 0 Å². The highest BCUT2D eigenvalue weighted by Crippen LogP contribution is 2.39. The maximum Gasteiger partial charge on any atom is 0.328 e. The summed E-state index contributed by atoms with van der Waals surface area (Å²) in [6, 6.07) is 0. The average Bonchev–Trinajstić information content (AvgIpc) is 2.98. The summed E-state index contributed by atoms with van der Waals surface area (Å²) in [6.07, 6.45) is 13.5. The van der Waals surface area contributed by atoms with Gasteiger partial charge in [0, 0.05) is 12.2 Å². The number of hydrogen-bond donors (Lipinski definition) is 2. The molecule has 0 saturated heterocycles. The fourth-order valence-electron chi connectivity index (χ4n) is 3.00. The molecule has 2 rings (SSSR count). The summed E-state index contributed by atoms with van der Waals surface area (Å²) in [5.41, 5.74) is 0. The summed E-state index contributed by atoms with van der Waals surface area (Å²) in [4.78, 5) is 19.1. The number of rotatable bonds is 3. The lowest BCUT2D eigenvalue weighted by molar-refractivity contribution is -0.134. The molecule has 0 amide bonds. The molecule has 4 nitrogen and oxygen atoms in total. The molecule has 2 saturated carbocycles. The van der Waals surface area contributed by atoms with Gasteiger partial charge in [-0.2, -0.15) is 0 Å². The van der Waals surface area contributed by atoms with Gasteiger partial charge in [-0.05, 0) is 11.8 Å². The van der Waals surface area contributed by atoms with E-state index in [1.54, 1.807) is 25.7 Å². The minimum absolute atomic E-state index is 0.558. The van der Waals surface area contributed by atoms with E-state index in [0.29, 0.717) is 12.2 Å². The van der Waals surface area contributed by atoms with Gasteiger partial charge in [0.15, 0.2) is 0 Å². The van der Waals surface area contributed by atoms with Gasteiger partial charge >= 0.3 is 11.9 Å². The largest absolute Gasteiger partial charge is 0.478 e. The lowest BCUT2D eigenvalue weighted by atomic mass is 9.90. The van der Waals surface area contributed by atoms with E-state index in [0.717, 1.165) is 11.8 Å². The monoisotopic (exact) mass is 254 g/mol. The summed E-state index contributed by atoms with van der Waals surface area (Å²) in [6.45, 7) is 0. The van der Waals surface area contributed by atoms with E-state index in [-0.39, 0.29) is 0 Å². The molecule has 0 aliphatic heterocycles. The molecule has 0 unspecified atom stereocenters. The van der Waals surface area contributed by atoms with Crippen LogP contribution in [0.15, 0.2) is 12.2 Å². The quantitative estimate of drug-likeness (QED) is 0.759. The Hall–Kier alpha value is -1.32. The predicted molar refractivity (Wildman–Crippen MR) is 68.3 cm³/mol. The fourth-order valence-corrected chi connectivity index (χ4v) is 3.00. The normalized spacial score (nSPS) is 20.9. The second-order valence-electron chi connectivity index (χ2n) is 5.10. The van der Waals surface area contributed by atoms with E-state index in [2.05, 4.69) is 0 Å². The van der Waals surface area contributed by atoms with Gasteiger partial charge in [-0.25, -0.2) is 9.59 Å². The number of carboxylic acids is 2. The molecule has 0 aromatic heterocycles. The smallest absolute Gasteiger partial charge is 0.328 e. The van der Waals surface area contributed by atoms with E-state index in [9.17, 15) is 9.59 Å². The molecular weight excluding hydrogens is 232 g/mol. The second kappa shape index (κ2) is 7.90. The van der Waals surface area contributed by atoms with Crippen LogP contribution in [-0.4, -0.2) is 22.2 Å². The van der Waals surface area contributed by atoms with Crippen molar-refractivity contribution >= 4 is 11.9 Å². The van der Waals surface area contributed by atoms with Crippen LogP contribution >= 0.6 is 0 Å². The van der Waals surface area contributed by atoms with Crippen LogP contribution in [0, 0.1) is 11.8 Å². The Morgan fingerprint density at radius 2 is 1.00 bits per heavy atom. The van der Waals surface area contributed by atoms with Gasteiger partial charge in [-0.3, -0.25) is 0 Å². The van der Waals surface area contributed by atoms with Gasteiger partial charge < -0.3 is 10.2 Å². The van der Waals surface area contributed by atoms with Crippen LogP contribution in [-0.2, 0) is 9.59 Å². The first-order valence-corrected chi connectivity index (χ1v) is 6.73. The zero-order valence-corrected chi connectivity index (χ0v) is 10.7. The summed E-state index contributed by atoms with van der Waals surface area (Å²) in [5.74, 6) is -0.204. The zero-order valence-electron chi connectivity index (χ0n) is 10.7. The summed E-state index contributed by atoms with van der Waals surface area (Å²) < 4.78 is 0. The molecule has 2 aliphatic carbocycles. The van der Waals surface area contributed by atoms with Crippen molar-refractivity contribution in [3.63, 3.8) is 0 Å². The average molecular weight is 254 g/mol. The van der Waals surface area contributed by atoms with Crippen molar-refractivity contribution in [3.05, 3.63) is 12.2 Å². The summed E-state index contributed by atoms with van der Waals surface area (Å²) in [7, 11) is 0. The Labute approximate surface area is 108 Å². The van der Waals surface area contributed by atoms with Gasteiger partial charge in [0.1, 0.15) is 0 Å².